The van der Waals surface area contributed by atoms with Crippen molar-refractivity contribution in [3.8, 4) is 5.75 Å². The van der Waals surface area contributed by atoms with E-state index in [2.05, 4.69) is 6.58 Å². The van der Waals surface area contributed by atoms with Gasteiger partial charge in [-0.25, -0.2) is 9.59 Å². The number of carboxylic acid groups (broad SMARTS) is 2. The first-order chi connectivity index (χ1) is 10.4. The largest absolute Gasteiger partial charge is 0.494 e. The number of amides is 1. The molecule has 1 amide bonds. The molecule has 0 atom stereocenters. The first-order valence-electron chi connectivity index (χ1n) is 6.47. The van der Waals surface area contributed by atoms with Crippen LogP contribution in [0.15, 0.2) is 30.9 Å². The van der Waals surface area contributed by atoms with Gasteiger partial charge in [0.1, 0.15) is 5.75 Å². The topological polar surface area (TPSA) is 104 Å². The second kappa shape index (κ2) is 7.82. The van der Waals surface area contributed by atoms with Crippen LogP contribution in [0, 0.1) is 0 Å². The first-order valence-corrected chi connectivity index (χ1v) is 6.47. The molecule has 1 aromatic carbocycles. The number of carboxylic acids is 2. The lowest BCUT2D eigenvalue weighted by Crippen LogP contribution is -2.26. The first kappa shape index (κ1) is 17.2. The molecule has 2 N–H and O–H groups in total. The van der Waals surface area contributed by atoms with Crippen molar-refractivity contribution < 1.29 is 29.3 Å². The molecule has 0 aliphatic carbocycles. The van der Waals surface area contributed by atoms with E-state index < -0.39 is 11.9 Å². The van der Waals surface area contributed by atoms with E-state index >= 15 is 0 Å². The highest BCUT2D eigenvalue weighted by molar-refractivity contribution is 6.02. The molecule has 0 fully saturated rings. The Balaban J connectivity index is 2.62. The van der Waals surface area contributed by atoms with Crippen molar-refractivity contribution in [3.05, 3.63) is 42.0 Å². The minimum absolute atomic E-state index is 0.195. The van der Waals surface area contributed by atoms with Crippen molar-refractivity contribution in [2.75, 3.05) is 20.2 Å². The van der Waals surface area contributed by atoms with E-state index in [4.69, 9.17) is 14.9 Å². The van der Waals surface area contributed by atoms with Crippen LogP contribution in [0.4, 0.5) is 0 Å². The molecule has 7 heteroatoms. The van der Waals surface area contributed by atoms with Gasteiger partial charge in [0.05, 0.1) is 17.7 Å². The highest BCUT2D eigenvalue weighted by Crippen LogP contribution is 2.18. The van der Waals surface area contributed by atoms with E-state index in [1.165, 1.54) is 29.2 Å². The molecule has 0 unspecified atom stereocenters. The molecule has 0 aliphatic heterocycles. The number of likely N-dealkylation sites (N-methyl/N-ethyl adjacent to an activating group) is 1. The summed E-state index contributed by atoms with van der Waals surface area (Å²) in [6.45, 7) is 4.11. The van der Waals surface area contributed by atoms with Crippen LogP contribution in [0.25, 0.3) is 0 Å². The fourth-order valence-corrected chi connectivity index (χ4v) is 1.73. The summed E-state index contributed by atoms with van der Waals surface area (Å²) < 4.78 is 5.38. The molecule has 0 heterocycles. The molecule has 1 rings (SSSR count). The molecule has 1 aromatic rings. The number of nitrogens with zero attached hydrogens (tertiary/aromatic N) is 1. The van der Waals surface area contributed by atoms with Gasteiger partial charge < -0.3 is 19.8 Å². The van der Waals surface area contributed by atoms with Gasteiger partial charge in [0.2, 0.25) is 5.91 Å². The average molecular weight is 307 g/mol. The maximum atomic E-state index is 11.2. The minimum Gasteiger partial charge on any atom is -0.494 e. The average Bonchev–Trinajstić information content (AvgIpc) is 2.49. The Morgan fingerprint density at radius 1 is 1.23 bits per heavy atom. The lowest BCUT2D eigenvalue weighted by molar-refractivity contribution is -0.124. The quantitative estimate of drug-likeness (QED) is 0.557. The Hall–Kier alpha value is -2.83. The van der Waals surface area contributed by atoms with E-state index in [9.17, 15) is 14.4 Å². The van der Waals surface area contributed by atoms with E-state index in [1.807, 2.05) is 0 Å². The maximum Gasteiger partial charge on any atom is 0.336 e. The fraction of sp³-hybridized carbons (Fsp3) is 0.267. The third-order valence-electron chi connectivity index (χ3n) is 2.91. The number of hydrogen-bond acceptors (Lipinski definition) is 4. The SMILES string of the molecule is C=CC(=O)N(C)CCCOc1ccc(C(=O)O)c(C(=O)O)c1. The number of ether oxygens (including phenoxy) is 1. The van der Waals surface area contributed by atoms with E-state index in [0.29, 0.717) is 13.0 Å². The minimum atomic E-state index is -1.33. The van der Waals surface area contributed by atoms with Crippen LogP contribution in [-0.2, 0) is 4.79 Å². The molecular weight excluding hydrogens is 290 g/mol. The van der Waals surface area contributed by atoms with Gasteiger partial charge in [0.15, 0.2) is 0 Å². The van der Waals surface area contributed by atoms with Gasteiger partial charge in [0, 0.05) is 13.6 Å². The molecule has 22 heavy (non-hydrogen) atoms. The van der Waals surface area contributed by atoms with Gasteiger partial charge in [-0.15, -0.1) is 0 Å². The number of rotatable bonds is 8. The Kier molecular flexibility index (Phi) is 6.12. The summed E-state index contributed by atoms with van der Waals surface area (Å²) in [5.41, 5.74) is -0.625. The Bertz CT molecular complexity index is 596. The van der Waals surface area contributed by atoms with Gasteiger partial charge >= 0.3 is 11.9 Å². The zero-order chi connectivity index (χ0) is 16.7. The number of aromatic carboxylic acids is 2. The molecule has 7 nitrogen and oxygen atoms in total. The predicted octanol–water partition coefficient (Wildman–Crippen LogP) is 1.50. The van der Waals surface area contributed by atoms with Crippen LogP contribution in [0.5, 0.6) is 5.75 Å². The zero-order valence-corrected chi connectivity index (χ0v) is 12.1. The Labute approximate surface area is 127 Å². The standard InChI is InChI=1S/C15H17NO6/c1-3-13(17)16(2)7-4-8-22-10-5-6-11(14(18)19)12(9-10)15(20)21/h3,5-6,9H,1,4,7-8H2,2H3,(H,18,19)(H,20,21). The summed E-state index contributed by atoms with van der Waals surface area (Å²) in [7, 11) is 1.63. The molecule has 0 bridgehead atoms. The number of carbonyl (C=O) groups is 3. The molecule has 0 aliphatic rings. The molecule has 0 spiro atoms. The van der Waals surface area contributed by atoms with Gasteiger partial charge in [-0.05, 0) is 30.7 Å². The van der Waals surface area contributed by atoms with Crippen LogP contribution in [0.1, 0.15) is 27.1 Å². The monoisotopic (exact) mass is 307 g/mol. The molecule has 0 aromatic heterocycles. The molecule has 0 saturated carbocycles. The smallest absolute Gasteiger partial charge is 0.336 e. The van der Waals surface area contributed by atoms with Gasteiger partial charge in [-0.3, -0.25) is 4.79 Å². The van der Waals surface area contributed by atoms with Crippen molar-refractivity contribution in [3.63, 3.8) is 0 Å². The van der Waals surface area contributed by atoms with Crippen LogP contribution < -0.4 is 4.74 Å². The normalized spacial score (nSPS) is 9.86. The second-order valence-corrected chi connectivity index (χ2v) is 4.48. The summed E-state index contributed by atoms with van der Waals surface area (Å²) in [4.78, 5) is 34.7. The summed E-state index contributed by atoms with van der Waals surface area (Å²) in [6.07, 6.45) is 1.75. The van der Waals surface area contributed by atoms with Gasteiger partial charge in [-0.2, -0.15) is 0 Å². The maximum absolute atomic E-state index is 11.2. The zero-order valence-electron chi connectivity index (χ0n) is 12.1. The summed E-state index contributed by atoms with van der Waals surface area (Å²) in [6, 6.07) is 3.76. The predicted molar refractivity (Wildman–Crippen MR) is 78.3 cm³/mol. The molecular formula is C15H17NO6. The van der Waals surface area contributed by atoms with Crippen molar-refractivity contribution in [1.82, 2.24) is 4.90 Å². The second-order valence-electron chi connectivity index (χ2n) is 4.48. The number of carbonyl (C=O) groups excluding carboxylic acids is 1. The Morgan fingerprint density at radius 3 is 2.41 bits per heavy atom. The highest BCUT2D eigenvalue weighted by atomic mass is 16.5. The van der Waals surface area contributed by atoms with Crippen molar-refractivity contribution in [1.29, 1.82) is 0 Å². The van der Waals surface area contributed by atoms with Crippen LogP contribution in [0.3, 0.4) is 0 Å². The lowest BCUT2D eigenvalue weighted by Gasteiger charge is -2.15. The summed E-state index contributed by atoms with van der Waals surface area (Å²) >= 11 is 0. The fourth-order valence-electron chi connectivity index (χ4n) is 1.73. The van der Waals surface area contributed by atoms with Crippen molar-refractivity contribution in [2.45, 2.75) is 6.42 Å². The van der Waals surface area contributed by atoms with Crippen LogP contribution >= 0.6 is 0 Å². The van der Waals surface area contributed by atoms with Crippen LogP contribution in [0.2, 0.25) is 0 Å². The van der Waals surface area contributed by atoms with E-state index in [-0.39, 0.29) is 29.4 Å². The molecule has 118 valence electrons. The lowest BCUT2D eigenvalue weighted by atomic mass is 10.1. The third-order valence-corrected chi connectivity index (χ3v) is 2.91. The van der Waals surface area contributed by atoms with Gasteiger partial charge in [-0.1, -0.05) is 6.58 Å². The van der Waals surface area contributed by atoms with Crippen molar-refractivity contribution >= 4 is 17.8 Å². The molecule has 0 radical (unpaired) electrons. The summed E-state index contributed by atoms with van der Waals surface area (Å²) in [5, 5.41) is 17.9. The number of hydrogen-bond donors (Lipinski definition) is 2. The third kappa shape index (κ3) is 4.62. The van der Waals surface area contributed by atoms with Crippen molar-refractivity contribution in [2.24, 2.45) is 0 Å². The summed E-state index contributed by atoms with van der Waals surface area (Å²) in [5.74, 6) is -2.58. The number of benzene rings is 1. The highest BCUT2D eigenvalue weighted by Gasteiger charge is 2.16. The van der Waals surface area contributed by atoms with Gasteiger partial charge in [0.25, 0.3) is 0 Å². The Morgan fingerprint density at radius 2 is 1.86 bits per heavy atom. The molecule has 0 saturated heterocycles. The van der Waals surface area contributed by atoms with E-state index in [1.54, 1.807) is 7.05 Å². The van der Waals surface area contributed by atoms with E-state index in [0.717, 1.165) is 0 Å². The van der Waals surface area contributed by atoms with Crippen LogP contribution in [-0.4, -0.2) is 53.2 Å².